The van der Waals surface area contributed by atoms with Gasteiger partial charge in [-0.25, -0.2) is 0 Å². The number of benzene rings is 1. The van der Waals surface area contributed by atoms with Gasteiger partial charge in [0.25, 0.3) is 0 Å². The van der Waals surface area contributed by atoms with Crippen molar-refractivity contribution < 1.29 is 0 Å². The molecule has 3 N–H and O–H groups in total. The Kier molecular flexibility index (Phi) is 2.07. The molecule has 1 aromatic heterocycles. The van der Waals surface area contributed by atoms with Crippen molar-refractivity contribution in [1.29, 1.82) is 0 Å². The molecule has 1 heterocycles. The van der Waals surface area contributed by atoms with Crippen molar-refractivity contribution in [3.63, 3.8) is 0 Å². The van der Waals surface area contributed by atoms with Crippen molar-refractivity contribution in [2.45, 2.75) is 13.5 Å². The van der Waals surface area contributed by atoms with Gasteiger partial charge in [-0.05, 0) is 25.1 Å². The fourth-order valence-electron chi connectivity index (χ4n) is 1.60. The summed E-state index contributed by atoms with van der Waals surface area (Å²) in [5.74, 6) is 0. The predicted molar refractivity (Wildman–Crippen MR) is 58.9 cm³/mol. The largest absolute Gasteiger partial charge is 0.399 e. The summed E-state index contributed by atoms with van der Waals surface area (Å²) in [5.41, 5.74) is 6.32. The van der Waals surface area contributed by atoms with Gasteiger partial charge in [0.2, 0.25) is 0 Å². The summed E-state index contributed by atoms with van der Waals surface area (Å²) in [4.78, 5) is 25.3. The van der Waals surface area contributed by atoms with Gasteiger partial charge >= 0.3 is 11.1 Å². The number of aryl methyl sites for hydroxylation is 1. The van der Waals surface area contributed by atoms with Crippen molar-refractivity contribution in [1.82, 2.24) is 9.55 Å². The quantitative estimate of drug-likeness (QED) is 0.518. The van der Waals surface area contributed by atoms with Crippen LogP contribution in [0.15, 0.2) is 27.8 Å². The molecule has 0 radical (unpaired) electrons. The van der Waals surface area contributed by atoms with Crippen LogP contribution in [-0.2, 0) is 6.54 Å². The van der Waals surface area contributed by atoms with Crippen molar-refractivity contribution in [3.05, 3.63) is 38.9 Å². The second-order valence-electron chi connectivity index (χ2n) is 3.28. The van der Waals surface area contributed by atoms with Crippen molar-refractivity contribution >= 4 is 16.7 Å². The molecule has 5 heteroatoms. The van der Waals surface area contributed by atoms with Crippen LogP contribution in [0.1, 0.15) is 6.92 Å². The summed E-state index contributed by atoms with van der Waals surface area (Å²) in [6.45, 7) is 2.26. The van der Waals surface area contributed by atoms with Crippen molar-refractivity contribution in [2.75, 3.05) is 5.73 Å². The number of nitrogens with zero attached hydrogens (tertiary/aromatic N) is 1. The number of nitrogens with two attached hydrogens (primary N) is 1. The molecule has 0 saturated heterocycles. The SMILES string of the molecule is CCn1c(=O)c(=O)[nH]c2ccc(N)cc21. The van der Waals surface area contributed by atoms with E-state index in [2.05, 4.69) is 4.98 Å². The second kappa shape index (κ2) is 3.27. The van der Waals surface area contributed by atoms with E-state index in [-0.39, 0.29) is 0 Å². The molecular weight excluding hydrogens is 194 g/mol. The third-order valence-corrected chi connectivity index (χ3v) is 2.32. The lowest BCUT2D eigenvalue weighted by Gasteiger charge is -2.06. The minimum atomic E-state index is -0.603. The topological polar surface area (TPSA) is 80.9 Å². The molecule has 0 aliphatic rings. The molecule has 15 heavy (non-hydrogen) atoms. The first-order chi connectivity index (χ1) is 7.13. The molecule has 0 aliphatic carbocycles. The maximum Gasteiger partial charge on any atom is 0.316 e. The molecule has 0 saturated carbocycles. The number of nitrogens with one attached hydrogen (secondary N) is 1. The number of hydrogen-bond acceptors (Lipinski definition) is 3. The van der Waals surface area contributed by atoms with Crippen molar-refractivity contribution in [3.8, 4) is 0 Å². The fourth-order valence-corrected chi connectivity index (χ4v) is 1.60. The minimum Gasteiger partial charge on any atom is -0.399 e. The normalized spacial score (nSPS) is 10.7. The van der Waals surface area contributed by atoms with E-state index < -0.39 is 11.1 Å². The highest BCUT2D eigenvalue weighted by Crippen LogP contribution is 2.12. The third kappa shape index (κ3) is 1.41. The Hall–Kier alpha value is -2.04. The zero-order valence-electron chi connectivity index (χ0n) is 8.28. The van der Waals surface area contributed by atoms with Gasteiger partial charge in [0.1, 0.15) is 0 Å². The van der Waals surface area contributed by atoms with Gasteiger partial charge in [-0.2, -0.15) is 0 Å². The van der Waals surface area contributed by atoms with Crippen LogP contribution < -0.4 is 16.9 Å². The first-order valence-electron chi connectivity index (χ1n) is 4.66. The van der Waals surface area contributed by atoms with E-state index in [0.29, 0.717) is 23.3 Å². The Morgan fingerprint density at radius 1 is 1.40 bits per heavy atom. The molecule has 2 aromatic rings. The number of fused-ring (bicyclic) bond motifs is 1. The number of aromatic nitrogens is 2. The summed E-state index contributed by atoms with van der Waals surface area (Å²) in [7, 11) is 0. The van der Waals surface area contributed by atoms with Gasteiger partial charge in [0, 0.05) is 12.2 Å². The highest BCUT2D eigenvalue weighted by molar-refractivity contribution is 5.78. The van der Waals surface area contributed by atoms with E-state index in [1.54, 1.807) is 18.2 Å². The Labute approximate surface area is 85.2 Å². The van der Waals surface area contributed by atoms with Crippen LogP contribution in [-0.4, -0.2) is 9.55 Å². The average molecular weight is 205 g/mol. The van der Waals surface area contributed by atoms with E-state index in [0.717, 1.165) is 0 Å². The summed E-state index contributed by atoms with van der Waals surface area (Å²) in [6, 6.07) is 5.05. The van der Waals surface area contributed by atoms with Crippen LogP contribution in [0.4, 0.5) is 5.69 Å². The van der Waals surface area contributed by atoms with Crippen LogP contribution in [0.2, 0.25) is 0 Å². The maximum absolute atomic E-state index is 11.5. The molecule has 5 nitrogen and oxygen atoms in total. The van der Waals surface area contributed by atoms with E-state index >= 15 is 0 Å². The lowest BCUT2D eigenvalue weighted by Crippen LogP contribution is -2.35. The molecule has 78 valence electrons. The second-order valence-corrected chi connectivity index (χ2v) is 3.28. The van der Waals surface area contributed by atoms with Crippen LogP contribution in [0.25, 0.3) is 11.0 Å². The van der Waals surface area contributed by atoms with Gasteiger partial charge < -0.3 is 15.3 Å². The molecule has 2 rings (SSSR count). The highest BCUT2D eigenvalue weighted by Gasteiger charge is 2.05. The van der Waals surface area contributed by atoms with E-state index in [4.69, 9.17) is 5.73 Å². The van der Waals surface area contributed by atoms with Crippen LogP contribution in [0.5, 0.6) is 0 Å². The van der Waals surface area contributed by atoms with Crippen LogP contribution in [0, 0.1) is 0 Å². The summed E-state index contributed by atoms with van der Waals surface area (Å²) < 4.78 is 1.41. The average Bonchev–Trinajstić information content (AvgIpc) is 2.21. The smallest absolute Gasteiger partial charge is 0.316 e. The molecule has 0 atom stereocenters. The number of nitrogen functional groups attached to an aromatic ring is 1. The monoisotopic (exact) mass is 205 g/mol. The van der Waals surface area contributed by atoms with E-state index in [1.807, 2.05) is 6.92 Å². The van der Waals surface area contributed by atoms with Gasteiger partial charge in [-0.3, -0.25) is 9.59 Å². The first-order valence-corrected chi connectivity index (χ1v) is 4.66. The number of anilines is 1. The predicted octanol–water partition coefficient (Wildman–Crippen LogP) is 0.292. The summed E-state index contributed by atoms with van der Waals surface area (Å²) in [6.07, 6.45) is 0. The lowest BCUT2D eigenvalue weighted by molar-refractivity contribution is 0.744. The fraction of sp³-hybridized carbons (Fsp3) is 0.200. The first kappa shape index (κ1) is 9.51. The Balaban J connectivity index is 3.02. The Morgan fingerprint density at radius 2 is 2.13 bits per heavy atom. The van der Waals surface area contributed by atoms with Gasteiger partial charge in [-0.15, -0.1) is 0 Å². The molecule has 1 aromatic carbocycles. The molecule has 0 aliphatic heterocycles. The highest BCUT2D eigenvalue weighted by atomic mass is 16.2. The zero-order valence-corrected chi connectivity index (χ0v) is 8.28. The molecule has 0 unspecified atom stereocenters. The van der Waals surface area contributed by atoms with Gasteiger partial charge in [0.05, 0.1) is 11.0 Å². The van der Waals surface area contributed by atoms with Crippen LogP contribution in [0.3, 0.4) is 0 Å². The number of aromatic amines is 1. The van der Waals surface area contributed by atoms with E-state index in [9.17, 15) is 9.59 Å². The summed E-state index contributed by atoms with van der Waals surface area (Å²) >= 11 is 0. The Bertz CT molecular complexity index is 625. The molecule has 0 spiro atoms. The molecular formula is C10H11N3O2. The van der Waals surface area contributed by atoms with Crippen LogP contribution >= 0.6 is 0 Å². The number of rotatable bonds is 1. The standard InChI is InChI=1S/C10H11N3O2/c1-2-13-8-5-6(11)3-4-7(8)12-9(14)10(13)15/h3-5H,2,11H2,1H3,(H,12,14). The number of hydrogen-bond donors (Lipinski definition) is 2. The van der Waals surface area contributed by atoms with Gasteiger partial charge in [-0.1, -0.05) is 0 Å². The van der Waals surface area contributed by atoms with Gasteiger partial charge in [0.15, 0.2) is 0 Å². The zero-order chi connectivity index (χ0) is 11.0. The van der Waals surface area contributed by atoms with E-state index in [1.165, 1.54) is 4.57 Å². The maximum atomic E-state index is 11.5. The minimum absolute atomic E-state index is 0.447. The molecule has 0 amide bonds. The Morgan fingerprint density at radius 3 is 2.80 bits per heavy atom. The third-order valence-electron chi connectivity index (χ3n) is 2.32. The molecule has 0 bridgehead atoms. The lowest BCUT2D eigenvalue weighted by atomic mass is 10.2. The number of H-pyrrole nitrogens is 1. The summed E-state index contributed by atoms with van der Waals surface area (Å²) in [5, 5.41) is 0. The van der Waals surface area contributed by atoms with Crippen molar-refractivity contribution in [2.24, 2.45) is 0 Å². The molecule has 0 fully saturated rings.